The topological polar surface area (TPSA) is 41.1 Å². The summed E-state index contributed by atoms with van der Waals surface area (Å²) in [4.78, 5) is 11.8. The Morgan fingerprint density at radius 2 is 1.83 bits per heavy atom. The predicted molar refractivity (Wildman–Crippen MR) is 81.9 cm³/mol. The molecule has 0 aromatic heterocycles. The molecule has 0 bridgehead atoms. The summed E-state index contributed by atoms with van der Waals surface area (Å²) in [6, 6.07) is 3.11. The van der Waals surface area contributed by atoms with Gasteiger partial charge in [0.15, 0.2) is 0 Å². The van der Waals surface area contributed by atoms with Gasteiger partial charge < -0.3 is 10.6 Å². The summed E-state index contributed by atoms with van der Waals surface area (Å²) < 4.78 is 63.4. The van der Waals surface area contributed by atoms with E-state index in [2.05, 4.69) is 5.32 Å². The Bertz CT molecular complexity index is 559. The van der Waals surface area contributed by atoms with Gasteiger partial charge in [-0.15, -0.1) is 12.4 Å². The van der Waals surface area contributed by atoms with Gasteiger partial charge in [0.25, 0.3) is 12.3 Å². The minimum Gasteiger partial charge on any atom is -0.346 e. The molecule has 1 fully saturated rings. The van der Waals surface area contributed by atoms with Crippen LogP contribution in [-0.2, 0) is 6.18 Å². The zero-order chi connectivity index (χ0) is 17.0. The Balaban J connectivity index is 0.00000288. The van der Waals surface area contributed by atoms with Crippen LogP contribution in [0.2, 0.25) is 0 Å². The standard InChI is InChI=1S/C15H17F5N2O.ClH/c16-13(17)8-22-14(23)11-5-10(9-1-3-21-4-2-9)6-12(7-11)15(18,19)20;/h5-7,9,13,21H,1-4,8H2,(H,22,23);1H. The molecule has 0 radical (unpaired) electrons. The van der Waals surface area contributed by atoms with Gasteiger partial charge in [-0.25, -0.2) is 8.78 Å². The summed E-state index contributed by atoms with van der Waals surface area (Å²) in [6.45, 7) is 0.486. The fraction of sp³-hybridized carbons (Fsp3) is 0.533. The van der Waals surface area contributed by atoms with Gasteiger partial charge in [0.1, 0.15) is 0 Å². The van der Waals surface area contributed by atoms with Crippen molar-refractivity contribution in [1.82, 2.24) is 10.6 Å². The quantitative estimate of drug-likeness (QED) is 0.793. The van der Waals surface area contributed by atoms with E-state index < -0.39 is 30.6 Å². The molecule has 1 aromatic rings. The Labute approximate surface area is 142 Å². The third kappa shape index (κ3) is 5.59. The van der Waals surface area contributed by atoms with Crippen LogP contribution in [0.25, 0.3) is 0 Å². The van der Waals surface area contributed by atoms with Gasteiger partial charge in [0, 0.05) is 5.56 Å². The second-order valence-electron chi connectivity index (χ2n) is 5.47. The fourth-order valence-corrected chi connectivity index (χ4v) is 2.61. The Morgan fingerprint density at radius 3 is 2.38 bits per heavy atom. The van der Waals surface area contributed by atoms with Gasteiger partial charge in [-0.2, -0.15) is 13.2 Å². The molecule has 1 aliphatic heterocycles. The van der Waals surface area contributed by atoms with Crippen molar-refractivity contribution < 1.29 is 26.7 Å². The van der Waals surface area contributed by atoms with Crippen LogP contribution in [0.1, 0.15) is 40.2 Å². The molecule has 1 aromatic carbocycles. The van der Waals surface area contributed by atoms with Gasteiger partial charge in [-0.3, -0.25) is 4.79 Å². The van der Waals surface area contributed by atoms with Crippen molar-refractivity contribution in [2.24, 2.45) is 0 Å². The maximum Gasteiger partial charge on any atom is 0.416 e. The van der Waals surface area contributed by atoms with Gasteiger partial charge in [-0.05, 0) is 55.6 Å². The fourth-order valence-electron chi connectivity index (χ4n) is 2.61. The number of hydrogen-bond donors (Lipinski definition) is 2. The van der Waals surface area contributed by atoms with Crippen LogP contribution >= 0.6 is 12.4 Å². The van der Waals surface area contributed by atoms with Crippen LogP contribution in [0.4, 0.5) is 22.0 Å². The molecule has 1 aliphatic rings. The van der Waals surface area contributed by atoms with E-state index in [0.29, 0.717) is 37.6 Å². The minimum atomic E-state index is -4.60. The van der Waals surface area contributed by atoms with Crippen molar-refractivity contribution >= 4 is 18.3 Å². The van der Waals surface area contributed by atoms with Crippen LogP contribution in [0.5, 0.6) is 0 Å². The number of hydrogen-bond acceptors (Lipinski definition) is 2. The van der Waals surface area contributed by atoms with E-state index in [-0.39, 0.29) is 23.9 Å². The molecule has 3 nitrogen and oxygen atoms in total. The molecule has 2 rings (SSSR count). The molecular weight excluding hydrogens is 355 g/mol. The van der Waals surface area contributed by atoms with Gasteiger partial charge >= 0.3 is 6.18 Å². The summed E-state index contributed by atoms with van der Waals surface area (Å²) >= 11 is 0. The molecule has 1 amide bonds. The third-order valence-electron chi connectivity index (χ3n) is 3.77. The van der Waals surface area contributed by atoms with E-state index in [4.69, 9.17) is 0 Å². The van der Waals surface area contributed by atoms with E-state index in [0.717, 1.165) is 6.07 Å². The van der Waals surface area contributed by atoms with E-state index in [9.17, 15) is 26.7 Å². The summed E-state index contributed by atoms with van der Waals surface area (Å²) in [7, 11) is 0. The third-order valence-corrected chi connectivity index (χ3v) is 3.77. The summed E-state index contributed by atoms with van der Waals surface area (Å²) in [6.07, 6.45) is -6.02. The molecule has 0 atom stereocenters. The molecule has 0 saturated carbocycles. The monoisotopic (exact) mass is 372 g/mol. The first kappa shape index (κ1) is 20.6. The average Bonchev–Trinajstić information content (AvgIpc) is 2.52. The van der Waals surface area contributed by atoms with Gasteiger partial charge in [-0.1, -0.05) is 0 Å². The van der Waals surface area contributed by atoms with Crippen LogP contribution in [0.3, 0.4) is 0 Å². The summed E-state index contributed by atoms with van der Waals surface area (Å²) in [5, 5.41) is 5.05. The van der Waals surface area contributed by atoms with Crippen LogP contribution < -0.4 is 10.6 Å². The van der Waals surface area contributed by atoms with Crippen molar-refractivity contribution in [2.45, 2.75) is 31.4 Å². The van der Waals surface area contributed by atoms with E-state index >= 15 is 0 Å². The Kier molecular flexibility index (Phi) is 7.41. The van der Waals surface area contributed by atoms with Crippen LogP contribution in [-0.4, -0.2) is 32.0 Å². The molecule has 9 heteroatoms. The first-order chi connectivity index (χ1) is 10.8. The molecule has 0 aliphatic carbocycles. The lowest BCUT2D eigenvalue weighted by atomic mass is 9.88. The average molecular weight is 373 g/mol. The number of carbonyl (C=O) groups is 1. The van der Waals surface area contributed by atoms with E-state index in [1.165, 1.54) is 6.07 Å². The Morgan fingerprint density at radius 1 is 1.21 bits per heavy atom. The highest BCUT2D eigenvalue weighted by atomic mass is 35.5. The maximum absolute atomic E-state index is 13.0. The highest BCUT2D eigenvalue weighted by Gasteiger charge is 2.32. The lowest BCUT2D eigenvalue weighted by molar-refractivity contribution is -0.137. The number of alkyl halides is 5. The summed E-state index contributed by atoms with van der Waals surface area (Å²) in [5.41, 5.74) is -0.756. The van der Waals surface area contributed by atoms with Crippen LogP contribution in [0, 0.1) is 0 Å². The summed E-state index contributed by atoms with van der Waals surface area (Å²) in [5.74, 6) is -1.01. The highest BCUT2D eigenvalue weighted by Crippen LogP contribution is 2.34. The number of amides is 1. The number of rotatable bonds is 4. The number of piperidine rings is 1. The number of halogens is 6. The minimum absolute atomic E-state index is 0. The molecule has 24 heavy (non-hydrogen) atoms. The van der Waals surface area contributed by atoms with Crippen LogP contribution in [0.15, 0.2) is 18.2 Å². The lowest BCUT2D eigenvalue weighted by Crippen LogP contribution is -2.29. The normalized spacial score (nSPS) is 15.9. The second kappa shape index (κ2) is 8.62. The maximum atomic E-state index is 13.0. The Hall–Kier alpha value is -1.41. The van der Waals surface area contributed by atoms with E-state index in [1.54, 1.807) is 0 Å². The van der Waals surface area contributed by atoms with Crippen molar-refractivity contribution in [1.29, 1.82) is 0 Å². The molecular formula is C15H18ClF5N2O. The number of nitrogens with one attached hydrogen (secondary N) is 2. The highest BCUT2D eigenvalue weighted by molar-refractivity contribution is 5.94. The predicted octanol–water partition coefficient (Wildman–Crippen LogP) is 3.59. The number of carbonyl (C=O) groups excluding carboxylic acids is 1. The van der Waals surface area contributed by atoms with Gasteiger partial charge in [0.05, 0.1) is 12.1 Å². The zero-order valence-corrected chi connectivity index (χ0v) is 13.4. The van der Waals surface area contributed by atoms with Crippen molar-refractivity contribution in [3.63, 3.8) is 0 Å². The number of benzene rings is 1. The molecule has 136 valence electrons. The first-order valence-corrected chi connectivity index (χ1v) is 7.26. The SMILES string of the molecule is Cl.O=C(NCC(F)F)c1cc(C2CCNCC2)cc(C(F)(F)F)c1. The smallest absolute Gasteiger partial charge is 0.346 e. The molecule has 1 saturated heterocycles. The zero-order valence-electron chi connectivity index (χ0n) is 12.6. The molecule has 2 N–H and O–H groups in total. The first-order valence-electron chi connectivity index (χ1n) is 7.26. The van der Waals surface area contributed by atoms with Crippen molar-refractivity contribution in [3.8, 4) is 0 Å². The largest absolute Gasteiger partial charge is 0.416 e. The molecule has 0 spiro atoms. The van der Waals surface area contributed by atoms with Gasteiger partial charge in [0.2, 0.25) is 0 Å². The second-order valence-corrected chi connectivity index (χ2v) is 5.47. The van der Waals surface area contributed by atoms with Crippen molar-refractivity contribution in [2.75, 3.05) is 19.6 Å². The molecule has 0 unspecified atom stereocenters. The van der Waals surface area contributed by atoms with Crippen molar-refractivity contribution in [3.05, 3.63) is 34.9 Å². The lowest BCUT2D eigenvalue weighted by Gasteiger charge is -2.24. The van der Waals surface area contributed by atoms with E-state index in [1.807, 2.05) is 5.32 Å². The molecule has 1 heterocycles.